The molecule has 2 aromatic heterocycles. The van der Waals surface area contributed by atoms with Crippen molar-refractivity contribution in [3.05, 3.63) is 48.6 Å². The second-order valence-electron chi connectivity index (χ2n) is 2.46. The van der Waals surface area contributed by atoms with Crippen LogP contribution in [0.2, 0.25) is 0 Å². The predicted molar refractivity (Wildman–Crippen MR) is 50.2 cm³/mol. The summed E-state index contributed by atoms with van der Waals surface area (Å²) < 4.78 is 5.08. The smallest absolute Gasteiger partial charge is 0.151 e. The molecule has 0 fully saturated rings. The Hall–Kier alpha value is -1.90. The van der Waals surface area contributed by atoms with E-state index < -0.39 is 0 Å². The number of furan rings is 1. The molecule has 13 heavy (non-hydrogen) atoms. The van der Waals surface area contributed by atoms with Crippen LogP contribution in [0.25, 0.3) is 0 Å². The second kappa shape index (κ2) is 3.67. The Kier molecular flexibility index (Phi) is 2.18. The van der Waals surface area contributed by atoms with Gasteiger partial charge in [-0.05, 0) is 24.3 Å². The largest absolute Gasteiger partial charge is 0.463 e. The summed E-state index contributed by atoms with van der Waals surface area (Å²) in [5.41, 5.74) is 0. The number of nitrogens with zero attached hydrogens (tertiary/aromatic N) is 2. The van der Waals surface area contributed by atoms with E-state index in [1.54, 1.807) is 18.7 Å². The van der Waals surface area contributed by atoms with Gasteiger partial charge < -0.3 is 4.42 Å². The van der Waals surface area contributed by atoms with E-state index in [-0.39, 0.29) is 0 Å². The standard InChI is InChI=1S/C10H8N2O/c1-2-6-11-10(5-1)12-8-9-4-3-7-13-9/h1-8H/b12-8+. The monoisotopic (exact) mass is 172 g/mol. The van der Waals surface area contributed by atoms with E-state index in [0.717, 1.165) is 5.76 Å². The molecule has 64 valence electrons. The predicted octanol–water partition coefficient (Wildman–Crippen LogP) is 2.43. The average Bonchev–Trinajstić information content (AvgIpc) is 2.69. The Balaban J connectivity index is 2.15. The molecule has 0 spiro atoms. The second-order valence-corrected chi connectivity index (χ2v) is 2.46. The van der Waals surface area contributed by atoms with E-state index in [1.807, 2.05) is 30.3 Å². The number of rotatable bonds is 2. The quantitative estimate of drug-likeness (QED) is 0.652. The first-order valence-electron chi connectivity index (χ1n) is 3.94. The highest BCUT2D eigenvalue weighted by atomic mass is 16.3. The first-order chi connectivity index (χ1) is 6.45. The molecule has 3 nitrogen and oxygen atoms in total. The van der Waals surface area contributed by atoms with Crippen LogP contribution in [-0.2, 0) is 0 Å². The minimum Gasteiger partial charge on any atom is -0.463 e. The van der Waals surface area contributed by atoms with Gasteiger partial charge >= 0.3 is 0 Å². The summed E-state index contributed by atoms with van der Waals surface area (Å²) in [5.74, 6) is 1.41. The highest BCUT2D eigenvalue weighted by Crippen LogP contribution is 2.05. The molecule has 2 rings (SSSR count). The van der Waals surface area contributed by atoms with Gasteiger partial charge in [0.2, 0.25) is 0 Å². The Labute approximate surface area is 75.8 Å². The molecule has 0 saturated carbocycles. The molecule has 0 aromatic carbocycles. The van der Waals surface area contributed by atoms with Gasteiger partial charge in [0.25, 0.3) is 0 Å². The first-order valence-corrected chi connectivity index (χ1v) is 3.94. The van der Waals surface area contributed by atoms with Gasteiger partial charge in [-0.1, -0.05) is 6.07 Å². The molecule has 2 heterocycles. The van der Waals surface area contributed by atoms with E-state index in [1.165, 1.54) is 0 Å². The first kappa shape index (κ1) is 7.73. The molecular weight excluding hydrogens is 164 g/mol. The van der Waals surface area contributed by atoms with Crippen molar-refractivity contribution in [2.45, 2.75) is 0 Å². The van der Waals surface area contributed by atoms with Crippen molar-refractivity contribution in [1.82, 2.24) is 4.98 Å². The fourth-order valence-electron chi connectivity index (χ4n) is 0.925. The van der Waals surface area contributed by atoms with E-state index in [2.05, 4.69) is 9.98 Å². The summed E-state index contributed by atoms with van der Waals surface area (Å²) in [7, 11) is 0. The maximum atomic E-state index is 5.08. The number of pyridine rings is 1. The lowest BCUT2D eigenvalue weighted by molar-refractivity contribution is 0.560. The maximum Gasteiger partial charge on any atom is 0.151 e. The van der Waals surface area contributed by atoms with Crippen LogP contribution < -0.4 is 0 Å². The Morgan fingerprint density at radius 1 is 1.23 bits per heavy atom. The van der Waals surface area contributed by atoms with Gasteiger partial charge in [0.05, 0.1) is 12.5 Å². The van der Waals surface area contributed by atoms with E-state index >= 15 is 0 Å². The number of aromatic nitrogens is 1. The summed E-state index contributed by atoms with van der Waals surface area (Å²) in [6, 6.07) is 9.24. The van der Waals surface area contributed by atoms with Crippen LogP contribution in [-0.4, -0.2) is 11.2 Å². The molecule has 0 bridgehead atoms. The molecule has 0 saturated heterocycles. The summed E-state index contributed by atoms with van der Waals surface area (Å²) >= 11 is 0. The van der Waals surface area contributed by atoms with Gasteiger partial charge in [-0.2, -0.15) is 0 Å². The van der Waals surface area contributed by atoms with Crippen molar-refractivity contribution in [3.63, 3.8) is 0 Å². The Bertz CT molecular complexity index is 379. The van der Waals surface area contributed by atoms with E-state index in [0.29, 0.717) is 5.82 Å². The fraction of sp³-hybridized carbons (Fsp3) is 0. The molecule has 3 heteroatoms. The third-order valence-electron chi connectivity index (χ3n) is 1.52. The van der Waals surface area contributed by atoms with Crippen LogP contribution in [0.4, 0.5) is 5.82 Å². The van der Waals surface area contributed by atoms with Crippen LogP contribution >= 0.6 is 0 Å². The zero-order valence-corrected chi connectivity index (χ0v) is 6.92. The van der Waals surface area contributed by atoms with Crippen molar-refractivity contribution in [1.29, 1.82) is 0 Å². The van der Waals surface area contributed by atoms with Crippen LogP contribution in [0.5, 0.6) is 0 Å². The maximum absolute atomic E-state index is 5.08. The van der Waals surface area contributed by atoms with Crippen molar-refractivity contribution in [3.8, 4) is 0 Å². The van der Waals surface area contributed by atoms with Gasteiger partial charge in [-0.25, -0.2) is 9.98 Å². The van der Waals surface area contributed by atoms with Gasteiger partial charge in [0, 0.05) is 6.20 Å². The minimum absolute atomic E-state index is 0.680. The zero-order valence-electron chi connectivity index (χ0n) is 6.92. The molecule has 0 aliphatic heterocycles. The molecule has 0 aliphatic rings. The number of hydrogen-bond acceptors (Lipinski definition) is 3. The van der Waals surface area contributed by atoms with Crippen molar-refractivity contribution < 1.29 is 4.42 Å². The van der Waals surface area contributed by atoms with Gasteiger partial charge in [-0.3, -0.25) is 0 Å². The molecule has 2 aromatic rings. The highest BCUT2D eigenvalue weighted by Gasteiger charge is 1.89. The Morgan fingerprint density at radius 3 is 2.92 bits per heavy atom. The van der Waals surface area contributed by atoms with E-state index in [9.17, 15) is 0 Å². The zero-order chi connectivity index (χ0) is 8.93. The number of hydrogen-bond donors (Lipinski definition) is 0. The highest BCUT2D eigenvalue weighted by molar-refractivity contribution is 5.77. The molecular formula is C10H8N2O. The molecule has 0 radical (unpaired) electrons. The molecule has 0 atom stereocenters. The van der Waals surface area contributed by atoms with Crippen molar-refractivity contribution in [2.75, 3.05) is 0 Å². The van der Waals surface area contributed by atoms with Crippen LogP contribution in [0.3, 0.4) is 0 Å². The van der Waals surface area contributed by atoms with Crippen molar-refractivity contribution in [2.24, 2.45) is 4.99 Å². The fourth-order valence-corrected chi connectivity index (χ4v) is 0.925. The third-order valence-corrected chi connectivity index (χ3v) is 1.52. The summed E-state index contributed by atoms with van der Waals surface area (Å²) in [6.07, 6.45) is 4.96. The normalized spacial score (nSPS) is 10.8. The third kappa shape index (κ3) is 2.02. The lowest BCUT2D eigenvalue weighted by atomic mass is 10.4. The molecule has 0 unspecified atom stereocenters. The Morgan fingerprint density at radius 2 is 2.23 bits per heavy atom. The lowest BCUT2D eigenvalue weighted by Gasteiger charge is -1.88. The lowest BCUT2D eigenvalue weighted by Crippen LogP contribution is -1.75. The average molecular weight is 172 g/mol. The molecule has 0 N–H and O–H groups in total. The topological polar surface area (TPSA) is 38.4 Å². The summed E-state index contributed by atoms with van der Waals surface area (Å²) in [5, 5.41) is 0. The molecule has 0 amide bonds. The van der Waals surface area contributed by atoms with Gasteiger partial charge in [-0.15, -0.1) is 0 Å². The van der Waals surface area contributed by atoms with Crippen LogP contribution in [0, 0.1) is 0 Å². The van der Waals surface area contributed by atoms with Gasteiger partial charge in [0.1, 0.15) is 5.76 Å². The minimum atomic E-state index is 0.680. The van der Waals surface area contributed by atoms with Crippen LogP contribution in [0.15, 0.2) is 52.2 Å². The number of aliphatic imine (C=N–C) groups is 1. The molecule has 0 aliphatic carbocycles. The van der Waals surface area contributed by atoms with Gasteiger partial charge in [0.15, 0.2) is 5.82 Å². The van der Waals surface area contributed by atoms with E-state index in [4.69, 9.17) is 4.42 Å². The SMILES string of the molecule is C(=N\c1ccccn1)/c1ccco1. The summed E-state index contributed by atoms with van der Waals surface area (Å²) in [6.45, 7) is 0. The van der Waals surface area contributed by atoms with Crippen LogP contribution in [0.1, 0.15) is 5.76 Å². The summed E-state index contributed by atoms with van der Waals surface area (Å²) in [4.78, 5) is 8.16. The van der Waals surface area contributed by atoms with Crippen molar-refractivity contribution >= 4 is 12.0 Å².